The lowest BCUT2D eigenvalue weighted by atomic mass is 10.4. The summed E-state index contributed by atoms with van der Waals surface area (Å²) in [5, 5.41) is 4.22. The van der Waals surface area contributed by atoms with Crippen LogP contribution in [0.2, 0.25) is 0 Å². The van der Waals surface area contributed by atoms with Gasteiger partial charge < -0.3 is 9.64 Å². The second-order valence-corrected chi connectivity index (χ2v) is 3.19. The van der Waals surface area contributed by atoms with E-state index in [-0.39, 0.29) is 6.10 Å². The minimum absolute atomic E-state index is 0.0270. The van der Waals surface area contributed by atoms with Crippen molar-refractivity contribution in [3.05, 3.63) is 6.20 Å². The van der Waals surface area contributed by atoms with Gasteiger partial charge in [0.15, 0.2) is 0 Å². The van der Waals surface area contributed by atoms with E-state index >= 15 is 0 Å². The predicted octanol–water partition coefficient (Wildman–Crippen LogP) is 0.564. The van der Waals surface area contributed by atoms with E-state index in [1.165, 1.54) is 0 Å². The maximum Gasteiger partial charge on any atom is 0.237 e. The SMILES string of the molecule is CC1C=Nn2c(cnc2N(C)C)O1. The van der Waals surface area contributed by atoms with E-state index in [0.717, 1.165) is 5.95 Å². The third-order valence-corrected chi connectivity index (χ3v) is 1.79. The molecule has 70 valence electrons. The smallest absolute Gasteiger partial charge is 0.237 e. The van der Waals surface area contributed by atoms with Gasteiger partial charge in [-0.2, -0.15) is 9.78 Å². The van der Waals surface area contributed by atoms with Gasteiger partial charge in [-0.25, -0.2) is 4.98 Å². The lowest BCUT2D eigenvalue weighted by molar-refractivity contribution is 0.258. The third kappa shape index (κ3) is 1.26. The van der Waals surface area contributed by atoms with E-state index in [0.29, 0.717) is 5.88 Å². The summed E-state index contributed by atoms with van der Waals surface area (Å²) in [6.45, 7) is 1.94. The first-order valence-corrected chi connectivity index (χ1v) is 4.14. The van der Waals surface area contributed by atoms with Gasteiger partial charge in [-0.15, -0.1) is 0 Å². The molecule has 0 spiro atoms. The van der Waals surface area contributed by atoms with E-state index < -0.39 is 0 Å². The van der Waals surface area contributed by atoms with Crippen molar-refractivity contribution in [1.29, 1.82) is 0 Å². The Morgan fingerprint density at radius 3 is 3.00 bits per heavy atom. The Morgan fingerprint density at radius 2 is 2.31 bits per heavy atom. The molecule has 1 atom stereocenters. The van der Waals surface area contributed by atoms with E-state index in [2.05, 4.69) is 10.1 Å². The molecule has 1 aromatic rings. The topological polar surface area (TPSA) is 42.7 Å². The molecule has 1 aliphatic heterocycles. The average Bonchev–Trinajstić information content (AvgIpc) is 2.46. The highest BCUT2D eigenvalue weighted by atomic mass is 16.5. The van der Waals surface area contributed by atoms with Gasteiger partial charge in [0, 0.05) is 14.1 Å². The highest BCUT2D eigenvalue weighted by Gasteiger charge is 2.17. The average molecular weight is 180 g/mol. The van der Waals surface area contributed by atoms with Gasteiger partial charge in [0.25, 0.3) is 0 Å². The highest BCUT2D eigenvalue weighted by Crippen LogP contribution is 2.22. The molecule has 0 saturated heterocycles. The lowest BCUT2D eigenvalue weighted by Crippen LogP contribution is -2.22. The number of hydrogen-bond acceptors (Lipinski definition) is 4. The quantitative estimate of drug-likeness (QED) is 0.634. The van der Waals surface area contributed by atoms with Crippen LogP contribution in [0.5, 0.6) is 5.88 Å². The number of rotatable bonds is 1. The van der Waals surface area contributed by atoms with E-state index in [9.17, 15) is 0 Å². The lowest BCUT2D eigenvalue weighted by Gasteiger charge is -2.17. The van der Waals surface area contributed by atoms with Crippen molar-refractivity contribution in [2.75, 3.05) is 19.0 Å². The first kappa shape index (κ1) is 8.10. The molecule has 0 fully saturated rings. The Labute approximate surface area is 76.6 Å². The Hall–Kier alpha value is -1.52. The number of ether oxygens (including phenoxy) is 1. The number of anilines is 1. The second-order valence-electron chi connectivity index (χ2n) is 3.19. The van der Waals surface area contributed by atoms with Crippen LogP contribution in [0.15, 0.2) is 11.3 Å². The maximum atomic E-state index is 5.49. The first-order chi connectivity index (χ1) is 6.18. The summed E-state index contributed by atoms with van der Waals surface area (Å²) < 4.78 is 7.17. The first-order valence-electron chi connectivity index (χ1n) is 4.14. The molecular formula is C8H12N4O. The maximum absolute atomic E-state index is 5.49. The standard InChI is InChI=1S/C8H12N4O/c1-6-4-10-12-7(13-6)5-9-8(12)11(2)3/h4-6H,1-3H3. The van der Waals surface area contributed by atoms with E-state index in [1.807, 2.05) is 25.9 Å². The summed E-state index contributed by atoms with van der Waals surface area (Å²) in [5.41, 5.74) is 0. The molecule has 1 unspecified atom stereocenters. The van der Waals surface area contributed by atoms with Crippen molar-refractivity contribution in [3.63, 3.8) is 0 Å². The largest absolute Gasteiger partial charge is 0.468 e. The minimum Gasteiger partial charge on any atom is -0.468 e. The summed E-state index contributed by atoms with van der Waals surface area (Å²) in [6.07, 6.45) is 3.46. The molecule has 2 heterocycles. The molecule has 1 aliphatic rings. The number of imidazole rings is 1. The molecule has 0 amide bonds. The van der Waals surface area contributed by atoms with Crippen molar-refractivity contribution in [2.24, 2.45) is 5.10 Å². The summed E-state index contributed by atoms with van der Waals surface area (Å²) in [5.74, 6) is 1.47. The van der Waals surface area contributed by atoms with E-state index in [1.54, 1.807) is 17.1 Å². The zero-order chi connectivity index (χ0) is 9.42. The van der Waals surface area contributed by atoms with Crippen molar-refractivity contribution < 1.29 is 4.74 Å². The summed E-state index contributed by atoms with van der Waals surface area (Å²) in [7, 11) is 3.84. The van der Waals surface area contributed by atoms with Gasteiger partial charge in [0.05, 0.1) is 12.4 Å². The monoisotopic (exact) mass is 180 g/mol. The zero-order valence-corrected chi connectivity index (χ0v) is 7.93. The molecule has 0 aromatic carbocycles. The van der Waals surface area contributed by atoms with Crippen LogP contribution >= 0.6 is 0 Å². The third-order valence-electron chi connectivity index (χ3n) is 1.79. The summed E-state index contributed by atoms with van der Waals surface area (Å²) >= 11 is 0. The predicted molar refractivity (Wildman–Crippen MR) is 50.5 cm³/mol. The van der Waals surface area contributed by atoms with Gasteiger partial charge in [-0.1, -0.05) is 0 Å². The fourth-order valence-electron chi connectivity index (χ4n) is 1.20. The van der Waals surface area contributed by atoms with Crippen molar-refractivity contribution in [2.45, 2.75) is 13.0 Å². The number of hydrogen-bond donors (Lipinski definition) is 0. The molecule has 0 bridgehead atoms. The van der Waals surface area contributed by atoms with Crippen molar-refractivity contribution >= 4 is 12.2 Å². The Morgan fingerprint density at radius 1 is 1.54 bits per heavy atom. The summed E-state index contributed by atoms with van der Waals surface area (Å²) in [4.78, 5) is 6.07. The van der Waals surface area contributed by atoms with Gasteiger partial charge in [-0.3, -0.25) is 0 Å². The van der Waals surface area contributed by atoms with Crippen LogP contribution in [0.4, 0.5) is 5.95 Å². The molecule has 0 aliphatic carbocycles. The van der Waals surface area contributed by atoms with Crippen LogP contribution < -0.4 is 9.64 Å². The Bertz CT molecular complexity index is 342. The molecule has 0 saturated carbocycles. The van der Waals surface area contributed by atoms with Gasteiger partial charge in [-0.05, 0) is 6.92 Å². The molecule has 0 radical (unpaired) electrons. The summed E-state index contributed by atoms with van der Waals surface area (Å²) in [6, 6.07) is 0. The molecule has 1 aromatic heterocycles. The molecular weight excluding hydrogens is 168 g/mol. The molecule has 5 heteroatoms. The Balaban J connectivity index is 2.42. The molecule has 2 rings (SSSR count). The van der Waals surface area contributed by atoms with Crippen LogP contribution in [0.3, 0.4) is 0 Å². The van der Waals surface area contributed by atoms with Crippen molar-refractivity contribution in [3.8, 4) is 5.88 Å². The molecule has 0 N–H and O–H groups in total. The molecule has 13 heavy (non-hydrogen) atoms. The van der Waals surface area contributed by atoms with Gasteiger partial charge in [0.2, 0.25) is 11.8 Å². The Kier molecular flexibility index (Phi) is 1.72. The van der Waals surface area contributed by atoms with Crippen LogP contribution in [0.1, 0.15) is 6.92 Å². The highest BCUT2D eigenvalue weighted by molar-refractivity contribution is 5.64. The normalized spacial score (nSPS) is 19.5. The number of fused-ring (bicyclic) bond motifs is 1. The van der Waals surface area contributed by atoms with Crippen LogP contribution in [-0.4, -0.2) is 36.1 Å². The van der Waals surface area contributed by atoms with Gasteiger partial charge in [0.1, 0.15) is 6.10 Å². The number of nitrogens with zero attached hydrogens (tertiary/aromatic N) is 4. The fourth-order valence-corrected chi connectivity index (χ4v) is 1.20. The zero-order valence-electron chi connectivity index (χ0n) is 7.93. The van der Waals surface area contributed by atoms with Crippen LogP contribution in [0, 0.1) is 0 Å². The minimum atomic E-state index is 0.0270. The second kappa shape index (κ2) is 2.76. The van der Waals surface area contributed by atoms with Gasteiger partial charge >= 0.3 is 0 Å². The number of aromatic nitrogens is 2. The van der Waals surface area contributed by atoms with E-state index in [4.69, 9.17) is 4.74 Å². The van der Waals surface area contributed by atoms with Crippen LogP contribution in [-0.2, 0) is 0 Å². The fraction of sp³-hybridized carbons (Fsp3) is 0.500. The van der Waals surface area contributed by atoms with Crippen molar-refractivity contribution in [1.82, 2.24) is 9.66 Å². The van der Waals surface area contributed by atoms with Crippen LogP contribution in [0.25, 0.3) is 0 Å². The molecule has 5 nitrogen and oxygen atoms in total.